The number of nitrogens with one attached hydrogen (secondary N) is 2. The van der Waals surface area contributed by atoms with E-state index in [0.717, 1.165) is 16.5 Å². The second kappa shape index (κ2) is 13.8. The zero-order valence-electron chi connectivity index (χ0n) is 20.4. The summed E-state index contributed by atoms with van der Waals surface area (Å²) < 4.78 is 5.72. The van der Waals surface area contributed by atoms with E-state index in [1.54, 1.807) is 6.07 Å². The number of ether oxygens (including phenoxy) is 1. The number of hydrogen-bond acceptors (Lipinski definition) is 7. The Morgan fingerprint density at radius 2 is 1.41 bits per heavy atom. The Morgan fingerprint density at radius 3 is 2.09 bits per heavy atom. The zero-order valence-corrected chi connectivity index (χ0v) is 20.4. The van der Waals surface area contributed by atoms with Crippen molar-refractivity contribution in [2.45, 2.75) is 52.0 Å². The molecule has 2 unspecified atom stereocenters. The fraction of sp³-hybridized carbons (Fsp3) is 0.407. The first-order chi connectivity index (χ1) is 16.2. The van der Waals surface area contributed by atoms with E-state index < -0.39 is 12.2 Å². The van der Waals surface area contributed by atoms with Crippen molar-refractivity contribution in [3.63, 3.8) is 0 Å². The van der Waals surface area contributed by atoms with Gasteiger partial charge in [0.2, 0.25) is 0 Å². The van der Waals surface area contributed by atoms with E-state index >= 15 is 0 Å². The predicted octanol–water partition coefficient (Wildman–Crippen LogP) is 3.71. The summed E-state index contributed by atoms with van der Waals surface area (Å²) >= 11 is 0. The molecule has 0 saturated heterocycles. The number of benzene rings is 3. The van der Waals surface area contributed by atoms with Gasteiger partial charge in [0.25, 0.3) is 0 Å². The Kier molecular flexibility index (Phi) is 11.1. The summed E-state index contributed by atoms with van der Waals surface area (Å²) in [4.78, 5) is 0. The number of phenols is 2. The summed E-state index contributed by atoms with van der Waals surface area (Å²) in [5, 5.41) is 46.4. The average Bonchev–Trinajstić information content (AvgIpc) is 2.82. The van der Waals surface area contributed by atoms with Crippen molar-refractivity contribution in [2.24, 2.45) is 0 Å². The first-order valence-corrected chi connectivity index (χ1v) is 11.6. The lowest BCUT2D eigenvalue weighted by Gasteiger charge is -2.15. The SMILES string of the molecule is CC(C)NCC(O)COc1cccc2ccccc12.CC(C)NCC(O)c1ccc(O)c(O)c1. The summed E-state index contributed by atoms with van der Waals surface area (Å²) in [6, 6.07) is 19.0. The van der Waals surface area contributed by atoms with Crippen LogP contribution in [0.25, 0.3) is 10.8 Å². The van der Waals surface area contributed by atoms with E-state index in [9.17, 15) is 15.3 Å². The van der Waals surface area contributed by atoms with Crippen molar-refractivity contribution in [3.05, 3.63) is 66.2 Å². The van der Waals surface area contributed by atoms with Gasteiger partial charge >= 0.3 is 0 Å². The van der Waals surface area contributed by atoms with Crippen LogP contribution >= 0.6 is 0 Å². The first kappa shape index (κ1) is 27.4. The van der Waals surface area contributed by atoms with Crippen LogP contribution in [-0.4, -0.2) is 58.3 Å². The average molecular weight is 471 g/mol. The fourth-order valence-electron chi connectivity index (χ4n) is 3.15. The van der Waals surface area contributed by atoms with E-state index in [2.05, 4.69) is 36.6 Å². The van der Waals surface area contributed by atoms with E-state index in [1.165, 1.54) is 12.1 Å². The van der Waals surface area contributed by atoms with E-state index in [0.29, 0.717) is 37.3 Å². The second-order valence-electron chi connectivity index (χ2n) is 8.83. The van der Waals surface area contributed by atoms with Gasteiger partial charge in [-0.3, -0.25) is 0 Å². The molecule has 2 atom stereocenters. The summed E-state index contributed by atoms with van der Waals surface area (Å²) in [5.74, 6) is 0.431. The molecule has 0 saturated carbocycles. The largest absolute Gasteiger partial charge is 0.504 e. The molecule has 34 heavy (non-hydrogen) atoms. The Bertz CT molecular complexity index is 1000. The van der Waals surface area contributed by atoms with Gasteiger partial charge in [-0.1, -0.05) is 70.2 Å². The molecule has 3 aromatic rings. The van der Waals surface area contributed by atoms with Gasteiger partial charge in [-0.2, -0.15) is 0 Å². The molecule has 0 radical (unpaired) electrons. The second-order valence-corrected chi connectivity index (χ2v) is 8.83. The molecule has 3 rings (SSSR count). The Labute approximate surface area is 202 Å². The molecule has 0 bridgehead atoms. The maximum atomic E-state index is 9.84. The minimum Gasteiger partial charge on any atom is -0.504 e. The number of aromatic hydroxyl groups is 2. The highest BCUT2D eigenvalue weighted by Crippen LogP contribution is 2.27. The van der Waals surface area contributed by atoms with Crippen molar-refractivity contribution in [3.8, 4) is 17.2 Å². The molecule has 6 N–H and O–H groups in total. The smallest absolute Gasteiger partial charge is 0.157 e. The Balaban J connectivity index is 0.000000248. The van der Waals surface area contributed by atoms with Crippen LogP contribution in [0.4, 0.5) is 0 Å². The van der Waals surface area contributed by atoms with Crippen LogP contribution in [0.5, 0.6) is 17.2 Å². The molecule has 186 valence electrons. The molecule has 7 nitrogen and oxygen atoms in total. The quantitative estimate of drug-likeness (QED) is 0.250. The van der Waals surface area contributed by atoms with Crippen LogP contribution in [0.15, 0.2) is 60.7 Å². The van der Waals surface area contributed by atoms with Gasteiger partial charge in [0.15, 0.2) is 11.5 Å². The Morgan fingerprint density at radius 1 is 0.765 bits per heavy atom. The highest BCUT2D eigenvalue weighted by Gasteiger charge is 2.10. The molecule has 0 aliphatic carbocycles. The molecule has 0 fully saturated rings. The summed E-state index contributed by atoms with van der Waals surface area (Å²) in [7, 11) is 0. The predicted molar refractivity (Wildman–Crippen MR) is 136 cm³/mol. The van der Waals surface area contributed by atoms with E-state index in [4.69, 9.17) is 9.84 Å². The Hall–Kier alpha value is -2.84. The maximum absolute atomic E-state index is 9.84. The number of fused-ring (bicyclic) bond motifs is 1. The third-order valence-corrected chi connectivity index (χ3v) is 5.05. The number of phenolic OH excluding ortho intramolecular Hbond substituents is 2. The van der Waals surface area contributed by atoms with Crippen LogP contribution in [0.3, 0.4) is 0 Å². The number of rotatable bonds is 10. The van der Waals surface area contributed by atoms with E-state index in [-0.39, 0.29) is 11.5 Å². The molecule has 0 amide bonds. The summed E-state index contributed by atoms with van der Waals surface area (Å²) in [6.07, 6.45) is -1.18. The third kappa shape index (κ3) is 9.19. The van der Waals surface area contributed by atoms with Gasteiger partial charge in [0, 0.05) is 30.6 Å². The van der Waals surface area contributed by atoms with Crippen LogP contribution in [0, 0.1) is 0 Å². The third-order valence-electron chi connectivity index (χ3n) is 5.05. The highest BCUT2D eigenvalue weighted by molar-refractivity contribution is 5.88. The first-order valence-electron chi connectivity index (χ1n) is 11.6. The minimum atomic E-state index is -0.682. The van der Waals surface area contributed by atoms with Gasteiger partial charge in [0.05, 0.1) is 6.10 Å². The topological polar surface area (TPSA) is 114 Å². The molecule has 3 aromatic carbocycles. The minimum absolute atomic E-state index is 0.178. The van der Waals surface area contributed by atoms with Crippen molar-refractivity contribution in [1.29, 1.82) is 0 Å². The van der Waals surface area contributed by atoms with Crippen LogP contribution < -0.4 is 15.4 Å². The molecule has 0 aromatic heterocycles. The van der Waals surface area contributed by atoms with Crippen LogP contribution in [0.2, 0.25) is 0 Å². The molecule has 0 heterocycles. The van der Waals surface area contributed by atoms with Crippen molar-refractivity contribution in [1.82, 2.24) is 10.6 Å². The van der Waals surface area contributed by atoms with Crippen molar-refractivity contribution in [2.75, 3.05) is 19.7 Å². The number of hydrogen-bond donors (Lipinski definition) is 6. The summed E-state index contributed by atoms with van der Waals surface area (Å²) in [6.45, 7) is 9.34. The number of aliphatic hydroxyl groups is 2. The molecular weight excluding hydrogens is 432 g/mol. The van der Waals surface area contributed by atoms with Crippen LogP contribution in [0.1, 0.15) is 39.4 Å². The lowest BCUT2D eigenvalue weighted by molar-refractivity contribution is 0.105. The van der Waals surface area contributed by atoms with Gasteiger partial charge in [-0.25, -0.2) is 0 Å². The lowest BCUT2D eigenvalue weighted by Crippen LogP contribution is -2.35. The monoisotopic (exact) mass is 470 g/mol. The lowest BCUT2D eigenvalue weighted by atomic mass is 10.1. The number of aliphatic hydroxyl groups excluding tert-OH is 2. The molecule has 7 heteroatoms. The normalized spacial score (nSPS) is 12.9. The van der Waals surface area contributed by atoms with E-state index in [1.807, 2.05) is 44.2 Å². The van der Waals surface area contributed by atoms with Gasteiger partial charge in [-0.15, -0.1) is 0 Å². The van der Waals surface area contributed by atoms with Crippen molar-refractivity contribution < 1.29 is 25.2 Å². The standard InChI is InChI=1S/C16H21NO2.C11H17NO3/c1-12(2)17-10-14(18)11-19-16-9-5-7-13-6-3-4-8-15(13)16;1-7(2)12-6-11(15)8-3-4-9(13)10(14)5-8/h3-9,12,14,17-18H,10-11H2,1-2H3;3-5,7,11-15H,6H2,1-2H3. The molecule has 0 aliphatic rings. The molecular formula is C27H38N2O5. The maximum Gasteiger partial charge on any atom is 0.157 e. The van der Waals surface area contributed by atoms with Crippen molar-refractivity contribution >= 4 is 10.8 Å². The van der Waals surface area contributed by atoms with Gasteiger partial charge in [0.1, 0.15) is 18.5 Å². The van der Waals surface area contributed by atoms with Crippen LogP contribution in [-0.2, 0) is 0 Å². The summed E-state index contributed by atoms with van der Waals surface area (Å²) in [5.41, 5.74) is 0.582. The molecule has 0 spiro atoms. The fourth-order valence-corrected chi connectivity index (χ4v) is 3.15. The highest BCUT2D eigenvalue weighted by atomic mass is 16.5. The van der Waals surface area contributed by atoms with Gasteiger partial charge in [-0.05, 0) is 29.1 Å². The zero-order chi connectivity index (χ0) is 25.1. The molecule has 0 aliphatic heterocycles. The van der Waals surface area contributed by atoms with Gasteiger partial charge < -0.3 is 35.8 Å².